The van der Waals surface area contributed by atoms with Gasteiger partial charge in [-0.15, -0.1) is 0 Å². The summed E-state index contributed by atoms with van der Waals surface area (Å²) in [5.41, 5.74) is 6.01. The first-order chi connectivity index (χ1) is 11.0. The lowest BCUT2D eigenvalue weighted by atomic mass is 9.95. The summed E-state index contributed by atoms with van der Waals surface area (Å²) >= 11 is 0. The van der Waals surface area contributed by atoms with E-state index in [0.717, 1.165) is 12.8 Å². The number of rotatable bonds is 5. The monoisotopic (exact) mass is 316 g/mol. The molecule has 0 radical (unpaired) electrons. The maximum absolute atomic E-state index is 12.1. The van der Waals surface area contributed by atoms with Crippen LogP contribution < -0.4 is 11.1 Å². The van der Waals surface area contributed by atoms with E-state index in [1.54, 1.807) is 12.1 Å². The second-order valence-corrected chi connectivity index (χ2v) is 5.49. The molecule has 122 valence electrons. The van der Waals surface area contributed by atoms with E-state index in [-0.39, 0.29) is 11.9 Å². The summed E-state index contributed by atoms with van der Waals surface area (Å²) in [6, 6.07) is 6.17. The Balaban J connectivity index is 1.88. The maximum atomic E-state index is 12.1. The molecule has 0 unspecified atom stereocenters. The number of allylic oxidation sites excluding steroid dienone is 2. The fourth-order valence-electron chi connectivity index (χ4n) is 2.29. The van der Waals surface area contributed by atoms with Gasteiger partial charge < -0.3 is 15.8 Å². The second kappa shape index (κ2) is 7.58. The molecule has 0 bridgehead atoms. The number of ether oxygens (including phenoxy) is 1. The van der Waals surface area contributed by atoms with Gasteiger partial charge in [0, 0.05) is 11.3 Å². The first-order valence-corrected chi connectivity index (χ1v) is 7.53. The molecular formula is C17H20N2O4. The maximum Gasteiger partial charge on any atom is 0.310 e. The van der Waals surface area contributed by atoms with Crippen LogP contribution in [-0.2, 0) is 14.3 Å². The minimum Gasteiger partial charge on any atom is -0.452 e. The molecule has 2 atom stereocenters. The number of nitrogens with one attached hydrogen (secondary N) is 1. The van der Waals surface area contributed by atoms with Crippen LogP contribution in [0, 0.1) is 5.92 Å². The van der Waals surface area contributed by atoms with Crippen LogP contribution in [0.25, 0.3) is 0 Å². The molecule has 2 amide bonds. The Hall–Kier alpha value is -2.63. The number of hydrogen-bond acceptors (Lipinski definition) is 4. The van der Waals surface area contributed by atoms with Gasteiger partial charge in [-0.2, -0.15) is 0 Å². The van der Waals surface area contributed by atoms with Gasteiger partial charge in [0.2, 0.25) is 5.91 Å². The number of amides is 2. The number of esters is 1. The van der Waals surface area contributed by atoms with E-state index >= 15 is 0 Å². The minimum atomic E-state index is -0.885. The number of anilines is 1. The van der Waals surface area contributed by atoms with Gasteiger partial charge in [0.1, 0.15) is 0 Å². The molecule has 3 N–H and O–H groups in total. The largest absolute Gasteiger partial charge is 0.452 e. The molecular weight excluding hydrogens is 296 g/mol. The highest BCUT2D eigenvalue weighted by molar-refractivity contribution is 5.96. The molecule has 6 nitrogen and oxygen atoms in total. The Morgan fingerprint density at radius 3 is 2.48 bits per heavy atom. The van der Waals surface area contributed by atoms with Crippen molar-refractivity contribution in [3.63, 3.8) is 0 Å². The van der Waals surface area contributed by atoms with Gasteiger partial charge in [0.25, 0.3) is 5.91 Å². The lowest BCUT2D eigenvalue weighted by Gasteiger charge is -2.19. The Kier molecular flexibility index (Phi) is 5.51. The molecule has 0 saturated heterocycles. The van der Waals surface area contributed by atoms with Crippen LogP contribution in [-0.4, -0.2) is 23.9 Å². The number of nitrogens with two attached hydrogens (primary N) is 1. The van der Waals surface area contributed by atoms with Gasteiger partial charge in [-0.05, 0) is 50.5 Å². The Morgan fingerprint density at radius 2 is 1.91 bits per heavy atom. The van der Waals surface area contributed by atoms with Crippen molar-refractivity contribution in [3.05, 3.63) is 42.0 Å². The van der Waals surface area contributed by atoms with Gasteiger partial charge in [-0.1, -0.05) is 12.2 Å². The SMILES string of the molecule is C[C@H](OC(=O)[C@@H]1CC=CCC1)C(=O)Nc1ccc(C(N)=O)cc1. The fourth-order valence-corrected chi connectivity index (χ4v) is 2.29. The van der Waals surface area contributed by atoms with Crippen LogP contribution in [0.3, 0.4) is 0 Å². The first-order valence-electron chi connectivity index (χ1n) is 7.53. The summed E-state index contributed by atoms with van der Waals surface area (Å²) in [6.45, 7) is 1.53. The quantitative estimate of drug-likeness (QED) is 0.641. The third-order valence-corrected chi connectivity index (χ3v) is 3.70. The molecule has 0 aromatic heterocycles. The third kappa shape index (κ3) is 4.67. The molecule has 2 rings (SSSR count). The molecule has 1 aliphatic rings. The summed E-state index contributed by atoms with van der Waals surface area (Å²) in [6.07, 6.45) is 5.37. The van der Waals surface area contributed by atoms with E-state index in [4.69, 9.17) is 10.5 Å². The number of benzene rings is 1. The van der Waals surface area contributed by atoms with Crippen molar-refractivity contribution >= 4 is 23.5 Å². The zero-order valence-electron chi connectivity index (χ0n) is 13.0. The standard InChI is InChI=1S/C17H20N2O4/c1-11(23-17(22)13-5-3-2-4-6-13)16(21)19-14-9-7-12(8-10-14)15(18)20/h2-3,7-11,13H,4-6H2,1H3,(H2,18,20)(H,19,21)/t11-,13+/m0/s1. The Bertz CT molecular complexity index is 622. The molecule has 1 aromatic carbocycles. The van der Waals surface area contributed by atoms with Gasteiger partial charge >= 0.3 is 5.97 Å². The van der Waals surface area contributed by atoms with Crippen LogP contribution in [0.1, 0.15) is 36.5 Å². The van der Waals surface area contributed by atoms with E-state index in [2.05, 4.69) is 5.32 Å². The van der Waals surface area contributed by atoms with Crippen LogP contribution >= 0.6 is 0 Å². The smallest absolute Gasteiger partial charge is 0.310 e. The number of hydrogen-bond donors (Lipinski definition) is 2. The molecule has 1 aliphatic carbocycles. The van der Waals surface area contributed by atoms with Crippen molar-refractivity contribution in [1.82, 2.24) is 0 Å². The van der Waals surface area contributed by atoms with Crippen LogP contribution in [0.4, 0.5) is 5.69 Å². The summed E-state index contributed by atoms with van der Waals surface area (Å²) < 4.78 is 5.23. The third-order valence-electron chi connectivity index (χ3n) is 3.70. The Labute approximate surface area is 134 Å². The average Bonchev–Trinajstić information content (AvgIpc) is 2.56. The normalized spacial score (nSPS) is 18.0. The number of carbonyl (C=O) groups is 3. The van der Waals surface area contributed by atoms with E-state index in [1.165, 1.54) is 19.1 Å². The van der Waals surface area contributed by atoms with E-state index in [0.29, 0.717) is 17.7 Å². The van der Waals surface area contributed by atoms with Crippen molar-refractivity contribution in [2.45, 2.75) is 32.3 Å². The average molecular weight is 316 g/mol. The van der Waals surface area contributed by atoms with Crippen molar-refractivity contribution in [3.8, 4) is 0 Å². The van der Waals surface area contributed by atoms with E-state index in [9.17, 15) is 14.4 Å². The predicted molar refractivity (Wildman–Crippen MR) is 85.6 cm³/mol. The summed E-state index contributed by atoms with van der Waals surface area (Å²) in [5.74, 6) is -1.48. The fraction of sp³-hybridized carbons (Fsp3) is 0.353. The highest BCUT2D eigenvalue weighted by Crippen LogP contribution is 2.20. The summed E-state index contributed by atoms with van der Waals surface area (Å²) in [7, 11) is 0. The first kappa shape index (κ1) is 16.7. The van der Waals surface area contributed by atoms with Crippen LogP contribution in [0.2, 0.25) is 0 Å². The van der Waals surface area contributed by atoms with Crippen LogP contribution in [0.15, 0.2) is 36.4 Å². The van der Waals surface area contributed by atoms with Gasteiger partial charge in [-0.3, -0.25) is 14.4 Å². The van der Waals surface area contributed by atoms with Crippen molar-refractivity contribution in [2.24, 2.45) is 11.7 Å². The lowest BCUT2D eigenvalue weighted by molar-refractivity contribution is -0.157. The molecule has 1 aromatic rings. The molecule has 23 heavy (non-hydrogen) atoms. The van der Waals surface area contributed by atoms with E-state index in [1.807, 2.05) is 12.2 Å². The predicted octanol–water partition coefficient (Wildman–Crippen LogP) is 2.01. The van der Waals surface area contributed by atoms with Crippen molar-refractivity contribution < 1.29 is 19.1 Å². The second-order valence-electron chi connectivity index (χ2n) is 5.49. The number of carbonyl (C=O) groups excluding carboxylic acids is 3. The minimum absolute atomic E-state index is 0.176. The van der Waals surface area contributed by atoms with Gasteiger partial charge in [0.15, 0.2) is 6.10 Å². The molecule has 0 spiro atoms. The molecule has 6 heteroatoms. The topological polar surface area (TPSA) is 98.5 Å². The summed E-state index contributed by atoms with van der Waals surface area (Å²) in [4.78, 5) is 35.0. The summed E-state index contributed by atoms with van der Waals surface area (Å²) in [5, 5.41) is 2.63. The zero-order valence-corrected chi connectivity index (χ0v) is 13.0. The van der Waals surface area contributed by atoms with Crippen molar-refractivity contribution in [1.29, 1.82) is 0 Å². The van der Waals surface area contributed by atoms with E-state index < -0.39 is 17.9 Å². The van der Waals surface area contributed by atoms with Gasteiger partial charge in [0.05, 0.1) is 5.92 Å². The van der Waals surface area contributed by atoms with Crippen molar-refractivity contribution in [2.75, 3.05) is 5.32 Å². The molecule has 0 heterocycles. The highest BCUT2D eigenvalue weighted by Gasteiger charge is 2.25. The van der Waals surface area contributed by atoms with Crippen LogP contribution in [0.5, 0.6) is 0 Å². The Morgan fingerprint density at radius 1 is 1.22 bits per heavy atom. The zero-order chi connectivity index (χ0) is 16.8. The molecule has 0 aliphatic heterocycles. The molecule has 0 saturated carbocycles. The molecule has 0 fully saturated rings. The number of primary amides is 1. The lowest BCUT2D eigenvalue weighted by Crippen LogP contribution is -2.32. The van der Waals surface area contributed by atoms with Gasteiger partial charge in [-0.25, -0.2) is 0 Å². The highest BCUT2D eigenvalue weighted by atomic mass is 16.5.